The Labute approximate surface area is 109 Å². The lowest BCUT2D eigenvalue weighted by Gasteiger charge is -1.92. The molecule has 4 heteroatoms. The monoisotopic (exact) mass is 257 g/mol. The van der Waals surface area contributed by atoms with Crippen LogP contribution in [0, 0.1) is 22.0 Å². The second-order valence-corrected chi connectivity index (χ2v) is 4.00. The molecule has 0 unspecified atom stereocenters. The number of nitro groups is 1. The van der Waals surface area contributed by atoms with Crippen molar-refractivity contribution in [1.29, 1.82) is 0 Å². The molecular formula is C14H8ClNO2. The Morgan fingerprint density at radius 2 is 1.67 bits per heavy atom. The van der Waals surface area contributed by atoms with Crippen LogP contribution in [-0.2, 0) is 0 Å². The van der Waals surface area contributed by atoms with E-state index in [1.165, 1.54) is 12.1 Å². The van der Waals surface area contributed by atoms with Crippen LogP contribution in [0.3, 0.4) is 0 Å². The van der Waals surface area contributed by atoms with Gasteiger partial charge in [0.05, 0.1) is 4.92 Å². The first-order valence-electron chi connectivity index (χ1n) is 5.17. The quantitative estimate of drug-likeness (QED) is 0.445. The number of benzene rings is 2. The van der Waals surface area contributed by atoms with E-state index in [1.807, 2.05) is 12.1 Å². The van der Waals surface area contributed by atoms with Gasteiger partial charge in [0.2, 0.25) is 0 Å². The van der Waals surface area contributed by atoms with Crippen LogP contribution >= 0.6 is 11.6 Å². The van der Waals surface area contributed by atoms with Crippen molar-refractivity contribution in [2.45, 2.75) is 0 Å². The lowest BCUT2D eigenvalue weighted by Crippen LogP contribution is -1.86. The van der Waals surface area contributed by atoms with Crippen molar-refractivity contribution in [1.82, 2.24) is 0 Å². The van der Waals surface area contributed by atoms with Crippen molar-refractivity contribution >= 4 is 17.3 Å². The Kier molecular flexibility index (Phi) is 3.61. The summed E-state index contributed by atoms with van der Waals surface area (Å²) in [5, 5.41) is 11.1. The molecule has 2 rings (SSSR count). The molecule has 0 spiro atoms. The predicted octanol–water partition coefficient (Wildman–Crippen LogP) is 3.65. The Balaban J connectivity index is 2.22. The highest BCUT2D eigenvalue weighted by atomic mass is 35.5. The number of hydrogen-bond donors (Lipinski definition) is 0. The number of hydrogen-bond acceptors (Lipinski definition) is 2. The average molecular weight is 258 g/mol. The van der Waals surface area contributed by atoms with Gasteiger partial charge in [0, 0.05) is 28.3 Å². The molecule has 0 fully saturated rings. The minimum atomic E-state index is -0.436. The van der Waals surface area contributed by atoms with Crippen molar-refractivity contribution in [3.8, 4) is 11.8 Å². The van der Waals surface area contributed by atoms with Crippen molar-refractivity contribution < 1.29 is 4.92 Å². The SMILES string of the molecule is O=[N+]([O-])c1ccc(C#Cc2cccc(Cl)c2)cc1. The highest BCUT2D eigenvalue weighted by molar-refractivity contribution is 6.30. The fourth-order valence-corrected chi connectivity index (χ4v) is 1.57. The summed E-state index contributed by atoms with van der Waals surface area (Å²) in [5.41, 5.74) is 1.59. The first-order chi connectivity index (χ1) is 8.65. The predicted molar refractivity (Wildman–Crippen MR) is 70.5 cm³/mol. The van der Waals surface area contributed by atoms with E-state index in [0.29, 0.717) is 5.02 Å². The van der Waals surface area contributed by atoms with E-state index in [9.17, 15) is 10.1 Å². The molecule has 0 radical (unpaired) electrons. The molecule has 0 aliphatic carbocycles. The number of rotatable bonds is 1. The number of halogens is 1. The Morgan fingerprint density at radius 3 is 2.28 bits per heavy atom. The van der Waals surface area contributed by atoms with Crippen molar-refractivity contribution in [3.63, 3.8) is 0 Å². The molecular weight excluding hydrogens is 250 g/mol. The molecule has 3 nitrogen and oxygen atoms in total. The lowest BCUT2D eigenvalue weighted by molar-refractivity contribution is -0.384. The molecule has 0 bridgehead atoms. The molecule has 0 amide bonds. The first kappa shape index (κ1) is 12.2. The summed E-state index contributed by atoms with van der Waals surface area (Å²) < 4.78 is 0. The van der Waals surface area contributed by atoms with E-state index in [0.717, 1.165) is 11.1 Å². The minimum Gasteiger partial charge on any atom is -0.258 e. The lowest BCUT2D eigenvalue weighted by atomic mass is 10.2. The van der Waals surface area contributed by atoms with E-state index < -0.39 is 4.92 Å². The highest BCUT2D eigenvalue weighted by Gasteiger charge is 2.02. The molecule has 0 saturated heterocycles. The minimum absolute atomic E-state index is 0.0586. The zero-order valence-electron chi connectivity index (χ0n) is 9.26. The molecule has 18 heavy (non-hydrogen) atoms. The smallest absolute Gasteiger partial charge is 0.258 e. The van der Waals surface area contributed by atoms with Gasteiger partial charge in [-0.05, 0) is 30.3 Å². The summed E-state index contributed by atoms with van der Waals surface area (Å²) in [5.74, 6) is 5.87. The molecule has 0 aliphatic rings. The van der Waals surface area contributed by atoms with E-state index in [-0.39, 0.29) is 5.69 Å². The van der Waals surface area contributed by atoms with Gasteiger partial charge in [-0.2, -0.15) is 0 Å². The fraction of sp³-hybridized carbons (Fsp3) is 0. The molecule has 0 N–H and O–H groups in total. The zero-order chi connectivity index (χ0) is 13.0. The summed E-state index contributed by atoms with van der Waals surface area (Å²) in [4.78, 5) is 10.0. The van der Waals surface area contributed by atoms with Crippen LogP contribution in [0.5, 0.6) is 0 Å². The normalized spacial score (nSPS) is 9.39. The van der Waals surface area contributed by atoms with Crippen LogP contribution in [0.25, 0.3) is 0 Å². The molecule has 0 aromatic heterocycles. The largest absolute Gasteiger partial charge is 0.269 e. The summed E-state index contributed by atoms with van der Waals surface area (Å²) in [6.07, 6.45) is 0. The van der Waals surface area contributed by atoms with Crippen LogP contribution in [-0.4, -0.2) is 4.92 Å². The Bertz CT molecular complexity index is 639. The van der Waals surface area contributed by atoms with Gasteiger partial charge in [-0.25, -0.2) is 0 Å². The third-order valence-corrected chi connectivity index (χ3v) is 2.49. The maximum Gasteiger partial charge on any atom is 0.269 e. The number of nitrogens with zero attached hydrogens (tertiary/aromatic N) is 1. The zero-order valence-corrected chi connectivity index (χ0v) is 10.0. The van der Waals surface area contributed by atoms with Gasteiger partial charge in [0.25, 0.3) is 5.69 Å². The summed E-state index contributed by atoms with van der Waals surface area (Å²) >= 11 is 5.84. The Hall–Kier alpha value is -2.31. The number of non-ortho nitro benzene ring substituents is 1. The second kappa shape index (κ2) is 5.35. The maximum atomic E-state index is 10.5. The molecule has 2 aromatic rings. The van der Waals surface area contributed by atoms with Crippen LogP contribution in [0.15, 0.2) is 48.5 Å². The third kappa shape index (κ3) is 3.09. The van der Waals surface area contributed by atoms with E-state index >= 15 is 0 Å². The van der Waals surface area contributed by atoms with Crippen molar-refractivity contribution in [2.24, 2.45) is 0 Å². The molecule has 0 saturated carbocycles. The average Bonchev–Trinajstić information content (AvgIpc) is 2.37. The van der Waals surface area contributed by atoms with Gasteiger partial charge in [-0.1, -0.05) is 29.5 Å². The molecule has 0 heterocycles. The van der Waals surface area contributed by atoms with Gasteiger partial charge in [0.1, 0.15) is 0 Å². The summed E-state index contributed by atoms with van der Waals surface area (Å²) in [7, 11) is 0. The van der Waals surface area contributed by atoms with Gasteiger partial charge in [0.15, 0.2) is 0 Å². The van der Waals surface area contributed by atoms with Crippen molar-refractivity contribution in [3.05, 3.63) is 74.8 Å². The first-order valence-corrected chi connectivity index (χ1v) is 5.55. The second-order valence-electron chi connectivity index (χ2n) is 3.56. The molecule has 0 aliphatic heterocycles. The fourth-order valence-electron chi connectivity index (χ4n) is 1.38. The Morgan fingerprint density at radius 1 is 1.00 bits per heavy atom. The van der Waals surface area contributed by atoms with Crippen LogP contribution in [0.1, 0.15) is 11.1 Å². The standard InChI is InChI=1S/C14H8ClNO2/c15-13-3-1-2-12(10-13)5-4-11-6-8-14(9-7-11)16(17)18/h1-3,6-10H. The highest BCUT2D eigenvalue weighted by Crippen LogP contribution is 2.12. The molecule has 2 aromatic carbocycles. The van der Waals surface area contributed by atoms with E-state index in [1.54, 1.807) is 24.3 Å². The summed E-state index contributed by atoms with van der Waals surface area (Å²) in [6.45, 7) is 0. The maximum absolute atomic E-state index is 10.5. The van der Waals surface area contributed by atoms with Crippen LogP contribution < -0.4 is 0 Å². The molecule has 0 atom stereocenters. The third-order valence-electron chi connectivity index (χ3n) is 2.25. The van der Waals surface area contributed by atoms with Crippen LogP contribution in [0.2, 0.25) is 5.02 Å². The van der Waals surface area contributed by atoms with Gasteiger partial charge in [-0.15, -0.1) is 0 Å². The molecule has 88 valence electrons. The number of nitro benzene ring substituents is 1. The summed E-state index contributed by atoms with van der Waals surface area (Å²) in [6, 6.07) is 13.3. The van der Waals surface area contributed by atoms with Gasteiger partial charge in [-0.3, -0.25) is 10.1 Å². The van der Waals surface area contributed by atoms with Gasteiger partial charge >= 0.3 is 0 Å². The topological polar surface area (TPSA) is 43.1 Å². The van der Waals surface area contributed by atoms with Gasteiger partial charge < -0.3 is 0 Å². The van der Waals surface area contributed by atoms with E-state index in [2.05, 4.69) is 11.8 Å². The van der Waals surface area contributed by atoms with Crippen LogP contribution in [0.4, 0.5) is 5.69 Å². The van der Waals surface area contributed by atoms with E-state index in [4.69, 9.17) is 11.6 Å². The van der Waals surface area contributed by atoms with Crippen molar-refractivity contribution in [2.75, 3.05) is 0 Å².